The Bertz CT molecular complexity index is 341. The summed E-state index contributed by atoms with van der Waals surface area (Å²) in [5.41, 5.74) is 0. The van der Waals surface area contributed by atoms with Crippen molar-refractivity contribution in [2.45, 2.75) is 110 Å². The van der Waals surface area contributed by atoms with Crippen LogP contribution in [-0.4, -0.2) is 22.2 Å². The molecule has 0 aliphatic carbocycles. The summed E-state index contributed by atoms with van der Waals surface area (Å²) in [5, 5.41) is 17.9. The first kappa shape index (κ1) is 23.9. The second-order valence-electron chi connectivity index (χ2n) is 7.65. The summed E-state index contributed by atoms with van der Waals surface area (Å²) in [7, 11) is 0. The highest BCUT2D eigenvalue weighted by atomic mass is 16.4. The summed E-state index contributed by atoms with van der Waals surface area (Å²) in [5.74, 6) is -2.47. The molecule has 0 amide bonds. The van der Waals surface area contributed by atoms with Gasteiger partial charge >= 0.3 is 11.9 Å². The van der Waals surface area contributed by atoms with E-state index in [1.807, 2.05) is 6.92 Å². The van der Waals surface area contributed by atoms with Crippen LogP contribution in [0, 0.1) is 11.8 Å². The largest absolute Gasteiger partial charge is 0.481 e. The lowest BCUT2D eigenvalue weighted by Gasteiger charge is -2.16. The summed E-state index contributed by atoms with van der Waals surface area (Å²) in [6, 6.07) is 0. The monoisotopic (exact) mass is 356 g/mol. The fourth-order valence-corrected chi connectivity index (χ4v) is 3.42. The van der Waals surface area contributed by atoms with Crippen molar-refractivity contribution in [3.05, 3.63) is 0 Å². The van der Waals surface area contributed by atoms with E-state index in [0.717, 1.165) is 12.8 Å². The van der Waals surface area contributed by atoms with Crippen molar-refractivity contribution in [2.24, 2.45) is 11.8 Å². The van der Waals surface area contributed by atoms with Crippen molar-refractivity contribution in [3.8, 4) is 0 Å². The smallest absolute Gasteiger partial charge is 0.307 e. The van der Waals surface area contributed by atoms with E-state index in [0.29, 0.717) is 6.42 Å². The van der Waals surface area contributed by atoms with Crippen LogP contribution in [-0.2, 0) is 9.59 Å². The molecule has 0 heterocycles. The number of carbonyl (C=O) groups is 2. The molecule has 2 N–H and O–H groups in total. The topological polar surface area (TPSA) is 74.6 Å². The van der Waals surface area contributed by atoms with Crippen LogP contribution < -0.4 is 0 Å². The molecule has 0 bridgehead atoms. The maximum Gasteiger partial charge on any atom is 0.307 e. The van der Waals surface area contributed by atoms with Crippen molar-refractivity contribution in [1.82, 2.24) is 0 Å². The summed E-state index contributed by atoms with van der Waals surface area (Å²) >= 11 is 0. The fraction of sp³-hybridized carbons (Fsp3) is 0.905. The van der Waals surface area contributed by atoms with Gasteiger partial charge < -0.3 is 10.2 Å². The van der Waals surface area contributed by atoms with E-state index in [1.165, 1.54) is 70.6 Å². The average molecular weight is 357 g/mol. The van der Waals surface area contributed by atoms with E-state index >= 15 is 0 Å². The number of rotatable bonds is 18. The van der Waals surface area contributed by atoms with E-state index in [4.69, 9.17) is 10.2 Å². The molecular weight excluding hydrogens is 316 g/mol. The molecule has 0 fully saturated rings. The number of hydrogen-bond acceptors (Lipinski definition) is 2. The van der Waals surface area contributed by atoms with Crippen LogP contribution in [0.4, 0.5) is 0 Å². The summed E-state index contributed by atoms with van der Waals surface area (Å²) in [4.78, 5) is 21.8. The Morgan fingerprint density at radius 1 is 0.760 bits per heavy atom. The third-order valence-corrected chi connectivity index (χ3v) is 5.01. The molecule has 25 heavy (non-hydrogen) atoms. The van der Waals surface area contributed by atoms with Gasteiger partial charge in [0.05, 0.1) is 12.3 Å². The minimum atomic E-state index is -1.02. The highest BCUT2D eigenvalue weighted by Crippen LogP contribution is 2.22. The minimum Gasteiger partial charge on any atom is -0.481 e. The number of unbranched alkanes of at least 4 members (excludes halogenated alkanes) is 11. The maximum absolute atomic E-state index is 11.1. The Balaban J connectivity index is 3.49. The Morgan fingerprint density at radius 2 is 1.20 bits per heavy atom. The van der Waals surface area contributed by atoms with Gasteiger partial charge in [-0.3, -0.25) is 9.59 Å². The second-order valence-corrected chi connectivity index (χ2v) is 7.65. The Kier molecular flexibility index (Phi) is 15.7. The average Bonchev–Trinajstić information content (AvgIpc) is 2.54. The van der Waals surface area contributed by atoms with Gasteiger partial charge in [-0.05, 0) is 12.3 Å². The molecule has 0 saturated carbocycles. The molecule has 0 spiro atoms. The van der Waals surface area contributed by atoms with Crippen molar-refractivity contribution >= 4 is 11.9 Å². The van der Waals surface area contributed by atoms with E-state index in [-0.39, 0.29) is 12.3 Å². The van der Waals surface area contributed by atoms with Crippen molar-refractivity contribution in [3.63, 3.8) is 0 Å². The Labute approximate surface area is 154 Å². The molecule has 0 saturated heterocycles. The number of hydrogen-bond donors (Lipinski definition) is 2. The zero-order valence-electron chi connectivity index (χ0n) is 16.5. The molecule has 0 aliphatic rings. The zero-order valence-corrected chi connectivity index (χ0v) is 16.5. The molecule has 0 rings (SSSR count). The lowest BCUT2D eigenvalue weighted by molar-refractivity contribution is -0.148. The van der Waals surface area contributed by atoms with Gasteiger partial charge in [-0.2, -0.15) is 0 Å². The fourth-order valence-electron chi connectivity index (χ4n) is 3.42. The maximum atomic E-state index is 11.1. The summed E-state index contributed by atoms with van der Waals surface area (Å²) in [6.07, 6.45) is 17.0. The van der Waals surface area contributed by atoms with Gasteiger partial charge in [0.1, 0.15) is 0 Å². The Morgan fingerprint density at radius 3 is 1.60 bits per heavy atom. The molecule has 0 aromatic heterocycles. The molecule has 4 heteroatoms. The van der Waals surface area contributed by atoms with Gasteiger partial charge in [-0.15, -0.1) is 0 Å². The minimum absolute atomic E-state index is 0.266. The first-order valence-corrected chi connectivity index (χ1v) is 10.4. The summed E-state index contributed by atoms with van der Waals surface area (Å²) in [6.45, 7) is 4.29. The third-order valence-electron chi connectivity index (χ3n) is 5.01. The lowest BCUT2D eigenvalue weighted by Crippen LogP contribution is -2.20. The molecule has 2 atom stereocenters. The second kappa shape index (κ2) is 16.4. The first-order chi connectivity index (χ1) is 12.0. The number of aliphatic carboxylic acids is 2. The number of carboxylic acid groups (broad SMARTS) is 2. The normalized spacial score (nSPS) is 13.5. The highest BCUT2D eigenvalue weighted by molar-refractivity contribution is 5.77. The lowest BCUT2D eigenvalue weighted by atomic mass is 9.89. The Hall–Kier alpha value is -1.06. The zero-order chi connectivity index (χ0) is 18.9. The van der Waals surface area contributed by atoms with Gasteiger partial charge in [-0.1, -0.05) is 97.3 Å². The highest BCUT2D eigenvalue weighted by Gasteiger charge is 2.23. The predicted molar refractivity (Wildman–Crippen MR) is 103 cm³/mol. The van der Waals surface area contributed by atoms with E-state index in [2.05, 4.69) is 6.92 Å². The standard InChI is InChI=1S/C21H40O4/c1-3-4-5-6-7-8-9-10-11-12-13-14-15-18(2)16-19(21(24)25)17-20(22)23/h18-19H,3-17H2,1-2H3,(H,22,23)(H,24,25). The van der Waals surface area contributed by atoms with Gasteiger partial charge in [0.25, 0.3) is 0 Å². The van der Waals surface area contributed by atoms with E-state index in [9.17, 15) is 9.59 Å². The van der Waals surface area contributed by atoms with Crippen LogP contribution in [0.2, 0.25) is 0 Å². The quantitative estimate of drug-likeness (QED) is 0.283. The summed E-state index contributed by atoms with van der Waals surface area (Å²) < 4.78 is 0. The van der Waals surface area contributed by atoms with Gasteiger partial charge in [0.15, 0.2) is 0 Å². The van der Waals surface area contributed by atoms with Crippen LogP contribution in [0.25, 0.3) is 0 Å². The van der Waals surface area contributed by atoms with Gasteiger partial charge in [-0.25, -0.2) is 0 Å². The SMILES string of the molecule is CCCCCCCCCCCCCCC(C)CC(CC(=O)O)C(=O)O. The van der Waals surface area contributed by atoms with Crippen molar-refractivity contribution in [1.29, 1.82) is 0 Å². The molecule has 0 aliphatic heterocycles. The molecule has 4 nitrogen and oxygen atoms in total. The van der Waals surface area contributed by atoms with E-state index < -0.39 is 17.9 Å². The first-order valence-electron chi connectivity index (χ1n) is 10.4. The van der Waals surface area contributed by atoms with Crippen LogP contribution in [0.1, 0.15) is 110 Å². The van der Waals surface area contributed by atoms with Crippen LogP contribution in [0.15, 0.2) is 0 Å². The van der Waals surface area contributed by atoms with Gasteiger partial charge in [0, 0.05) is 0 Å². The van der Waals surface area contributed by atoms with Crippen LogP contribution in [0.5, 0.6) is 0 Å². The molecule has 0 radical (unpaired) electrons. The van der Waals surface area contributed by atoms with Crippen molar-refractivity contribution < 1.29 is 19.8 Å². The molecular formula is C21H40O4. The van der Waals surface area contributed by atoms with Gasteiger partial charge in [0.2, 0.25) is 0 Å². The molecule has 2 unspecified atom stereocenters. The molecule has 148 valence electrons. The van der Waals surface area contributed by atoms with Crippen LogP contribution >= 0.6 is 0 Å². The van der Waals surface area contributed by atoms with Crippen molar-refractivity contribution in [2.75, 3.05) is 0 Å². The molecule has 0 aromatic rings. The predicted octanol–water partition coefficient (Wildman–Crippen LogP) is 6.28. The van der Waals surface area contributed by atoms with E-state index in [1.54, 1.807) is 0 Å². The number of carboxylic acids is 2. The molecule has 0 aromatic carbocycles. The third kappa shape index (κ3) is 16.2. The van der Waals surface area contributed by atoms with Crippen LogP contribution in [0.3, 0.4) is 0 Å².